The summed E-state index contributed by atoms with van der Waals surface area (Å²) in [5.41, 5.74) is 0.511. The van der Waals surface area contributed by atoms with Crippen molar-refractivity contribution in [2.75, 3.05) is 21.3 Å². The lowest BCUT2D eigenvalue weighted by Gasteiger charge is -2.11. The number of hydrogen-bond donors (Lipinski definition) is 0. The summed E-state index contributed by atoms with van der Waals surface area (Å²) in [6, 6.07) is 6.75. The van der Waals surface area contributed by atoms with Gasteiger partial charge in [-0.25, -0.2) is 0 Å². The molecule has 0 aliphatic carbocycles. The lowest BCUT2D eigenvalue weighted by atomic mass is 10.0. The molecule has 5 nitrogen and oxygen atoms in total. The molecule has 0 saturated carbocycles. The van der Waals surface area contributed by atoms with E-state index < -0.39 is 11.9 Å². The molecule has 0 amide bonds. The molecule has 1 aromatic rings. The predicted octanol–water partition coefficient (Wildman–Crippen LogP) is 1.48. The van der Waals surface area contributed by atoms with Crippen LogP contribution in [0.3, 0.4) is 0 Å². The molecular weight excluding hydrogens is 222 g/mol. The van der Waals surface area contributed by atoms with Crippen molar-refractivity contribution in [1.82, 2.24) is 0 Å². The third kappa shape index (κ3) is 2.67. The molecule has 0 N–H and O–H groups in total. The minimum atomic E-state index is -0.959. The number of methoxy groups -OCH3 is 3. The molecule has 0 bridgehead atoms. The summed E-state index contributed by atoms with van der Waals surface area (Å²) in [4.78, 5) is 11.4. The smallest absolute Gasteiger partial charge is 0.327 e. The average Bonchev–Trinajstić information content (AvgIpc) is 2.38. The number of nitriles is 1. The molecule has 0 fully saturated rings. The zero-order chi connectivity index (χ0) is 12.8. The van der Waals surface area contributed by atoms with Gasteiger partial charge in [0.2, 0.25) is 0 Å². The van der Waals surface area contributed by atoms with Gasteiger partial charge in [0.25, 0.3) is 0 Å². The summed E-state index contributed by atoms with van der Waals surface area (Å²) >= 11 is 0. The Morgan fingerprint density at radius 3 is 2.35 bits per heavy atom. The van der Waals surface area contributed by atoms with Crippen LogP contribution in [0.4, 0.5) is 0 Å². The van der Waals surface area contributed by atoms with Crippen LogP contribution in [0.2, 0.25) is 0 Å². The van der Waals surface area contributed by atoms with Gasteiger partial charge < -0.3 is 14.2 Å². The molecule has 0 aliphatic rings. The highest BCUT2D eigenvalue weighted by Gasteiger charge is 2.22. The van der Waals surface area contributed by atoms with Crippen LogP contribution in [0.15, 0.2) is 18.2 Å². The molecule has 0 saturated heterocycles. The summed E-state index contributed by atoms with van der Waals surface area (Å²) in [5, 5.41) is 8.95. The number of benzene rings is 1. The second-order valence-corrected chi connectivity index (χ2v) is 3.20. The van der Waals surface area contributed by atoms with Gasteiger partial charge in [0.15, 0.2) is 17.4 Å². The summed E-state index contributed by atoms with van der Waals surface area (Å²) in [6.45, 7) is 0. The van der Waals surface area contributed by atoms with Gasteiger partial charge in [-0.15, -0.1) is 0 Å². The van der Waals surface area contributed by atoms with Crippen LogP contribution in [0, 0.1) is 11.3 Å². The molecule has 1 atom stereocenters. The van der Waals surface area contributed by atoms with Crippen LogP contribution >= 0.6 is 0 Å². The Bertz CT molecular complexity index is 450. The molecule has 17 heavy (non-hydrogen) atoms. The minimum Gasteiger partial charge on any atom is -0.493 e. The minimum absolute atomic E-state index is 0.467. The number of carbonyl (C=O) groups excluding carboxylic acids is 1. The van der Waals surface area contributed by atoms with Crippen molar-refractivity contribution in [3.8, 4) is 17.6 Å². The van der Waals surface area contributed by atoms with Crippen LogP contribution in [-0.2, 0) is 9.53 Å². The Morgan fingerprint density at radius 2 is 1.88 bits per heavy atom. The normalized spacial score (nSPS) is 11.2. The molecule has 5 heteroatoms. The van der Waals surface area contributed by atoms with Gasteiger partial charge >= 0.3 is 5.97 Å². The van der Waals surface area contributed by atoms with Crippen molar-refractivity contribution in [3.63, 3.8) is 0 Å². The SMILES string of the molecule is COC(=O)[C@@H](C#N)c1ccc(OC)c(OC)c1. The molecule has 90 valence electrons. The van der Waals surface area contributed by atoms with Crippen molar-refractivity contribution in [2.24, 2.45) is 0 Å². The van der Waals surface area contributed by atoms with E-state index in [0.29, 0.717) is 17.1 Å². The largest absolute Gasteiger partial charge is 0.493 e. The molecule has 1 aromatic carbocycles. The van der Waals surface area contributed by atoms with E-state index in [9.17, 15) is 4.79 Å². The van der Waals surface area contributed by atoms with Gasteiger partial charge in [-0.05, 0) is 17.7 Å². The second-order valence-electron chi connectivity index (χ2n) is 3.20. The highest BCUT2D eigenvalue weighted by atomic mass is 16.5. The molecule has 1 rings (SSSR count). The van der Waals surface area contributed by atoms with Gasteiger partial charge in [-0.1, -0.05) is 6.07 Å². The fourth-order valence-corrected chi connectivity index (χ4v) is 1.41. The van der Waals surface area contributed by atoms with Crippen molar-refractivity contribution in [2.45, 2.75) is 5.92 Å². The molecule has 0 radical (unpaired) electrons. The number of nitrogens with zero attached hydrogens (tertiary/aromatic N) is 1. The lowest BCUT2D eigenvalue weighted by Crippen LogP contribution is -2.12. The maximum absolute atomic E-state index is 11.4. The van der Waals surface area contributed by atoms with Crippen LogP contribution in [0.5, 0.6) is 11.5 Å². The van der Waals surface area contributed by atoms with E-state index in [-0.39, 0.29) is 0 Å². The quantitative estimate of drug-likeness (QED) is 0.739. The fourth-order valence-electron chi connectivity index (χ4n) is 1.41. The van der Waals surface area contributed by atoms with E-state index in [2.05, 4.69) is 4.74 Å². The summed E-state index contributed by atoms with van der Waals surface area (Å²) < 4.78 is 14.7. The zero-order valence-electron chi connectivity index (χ0n) is 9.89. The van der Waals surface area contributed by atoms with E-state index in [1.165, 1.54) is 21.3 Å². The number of carbonyl (C=O) groups is 1. The molecule has 0 heterocycles. The lowest BCUT2D eigenvalue weighted by molar-refractivity contribution is -0.140. The van der Waals surface area contributed by atoms with Crippen LogP contribution in [0.25, 0.3) is 0 Å². The van der Waals surface area contributed by atoms with Gasteiger partial charge in [-0.2, -0.15) is 5.26 Å². The monoisotopic (exact) mass is 235 g/mol. The summed E-state index contributed by atoms with van der Waals surface area (Å²) in [5.74, 6) is -0.550. The number of rotatable bonds is 4. The van der Waals surface area contributed by atoms with E-state index in [1.54, 1.807) is 18.2 Å². The van der Waals surface area contributed by atoms with Gasteiger partial charge in [0, 0.05) is 0 Å². The molecule has 0 unspecified atom stereocenters. The fraction of sp³-hybridized carbons (Fsp3) is 0.333. The van der Waals surface area contributed by atoms with Crippen molar-refractivity contribution < 1.29 is 19.0 Å². The molecule has 0 spiro atoms. The highest BCUT2D eigenvalue weighted by Crippen LogP contribution is 2.30. The number of esters is 1. The Balaban J connectivity index is 3.14. The molecule has 0 aliphatic heterocycles. The van der Waals surface area contributed by atoms with E-state index in [1.807, 2.05) is 6.07 Å². The Hall–Kier alpha value is -2.22. The first-order valence-corrected chi connectivity index (χ1v) is 4.87. The molecular formula is C12H13NO4. The summed E-state index contributed by atoms with van der Waals surface area (Å²) in [6.07, 6.45) is 0. The Kier molecular flexibility index (Phi) is 4.35. The average molecular weight is 235 g/mol. The van der Waals surface area contributed by atoms with Crippen LogP contribution < -0.4 is 9.47 Å². The predicted molar refractivity (Wildman–Crippen MR) is 59.9 cm³/mol. The second kappa shape index (κ2) is 5.75. The van der Waals surface area contributed by atoms with Crippen molar-refractivity contribution >= 4 is 5.97 Å². The Labute approximate surface area is 99.5 Å². The maximum Gasteiger partial charge on any atom is 0.327 e. The maximum atomic E-state index is 11.4. The van der Waals surface area contributed by atoms with Crippen molar-refractivity contribution in [3.05, 3.63) is 23.8 Å². The molecule has 0 aromatic heterocycles. The van der Waals surface area contributed by atoms with Gasteiger partial charge in [0.05, 0.1) is 27.4 Å². The van der Waals surface area contributed by atoms with E-state index >= 15 is 0 Å². The summed E-state index contributed by atoms with van der Waals surface area (Å²) in [7, 11) is 4.24. The topological polar surface area (TPSA) is 68.6 Å². The third-order valence-corrected chi connectivity index (χ3v) is 2.31. The highest BCUT2D eigenvalue weighted by molar-refractivity contribution is 5.81. The first-order chi connectivity index (χ1) is 8.17. The first kappa shape index (κ1) is 12.8. The van der Waals surface area contributed by atoms with Crippen molar-refractivity contribution in [1.29, 1.82) is 5.26 Å². The van der Waals surface area contributed by atoms with E-state index in [0.717, 1.165) is 0 Å². The first-order valence-electron chi connectivity index (χ1n) is 4.87. The van der Waals surface area contributed by atoms with Gasteiger partial charge in [-0.3, -0.25) is 4.79 Å². The van der Waals surface area contributed by atoms with Gasteiger partial charge in [0.1, 0.15) is 0 Å². The van der Waals surface area contributed by atoms with Crippen LogP contribution in [-0.4, -0.2) is 27.3 Å². The van der Waals surface area contributed by atoms with Crippen LogP contribution in [0.1, 0.15) is 11.5 Å². The zero-order valence-corrected chi connectivity index (χ0v) is 9.89. The standard InChI is InChI=1S/C12H13NO4/c1-15-10-5-4-8(6-11(10)16-2)9(7-13)12(14)17-3/h4-6,9H,1-3H3/t9-/m0/s1. The number of hydrogen-bond acceptors (Lipinski definition) is 5. The number of ether oxygens (including phenoxy) is 3. The van der Waals surface area contributed by atoms with E-state index in [4.69, 9.17) is 14.7 Å². The third-order valence-electron chi connectivity index (χ3n) is 2.31. The Morgan fingerprint density at radius 1 is 1.24 bits per heavy atom.